The molecular formula is C11H16N4O2. The van der Waals surface area contributed by atoms with Crippen molar-refractivity contribution < 1.29 is 9.47 Å². The van der Waals surface area contributed by atoms with Crippen LogP contribution in [0.4, 0.5) is 5.95 Å². The van der Waals surface area contributed by atoms with E-state index in [-0.39, 0.29) is 18.0 Å². The second-order valence-corrected chi connectivity index (χ2v) is 3.86. The van der Waals surface area contributed by atoms with Gasteiger partial charge in [-0.25, -0.2) is 0 Å². The number of nitrogen functional groups attached to an aromatic ring is 1. The fourth-order valence-electron chi connectivity index (χ4n) is 0.914. The molecule has 0 saturated carbocycles. The van der Waals surface area contributed by atoms with Crippen molar-refractivity contribution in [3.63, 3.8) is 0 Å². The van der Waals surface area contributed by atoms with Crippen molar-refractivity contribution in [2.75, 3.05) is 12.3 Å². The zero-order valence-electron chi connectivity index (χ0n) is 10.2. The van der Waals surface area contributed by atoms with Crippen LogP contribution in [0.2, 0.25) is 0 Å². The van der Waals surface area contributed by atoms with Crippen LogP contribution in [0.3, 0.4) is 0 Å². The molecule has 0 unspecified atom stereocenters. The third-order valence-corrected chi connectivity index (χ3v) is 1.74. The van der Waals surface area contributed by atoms with E-state index < -0.39 is 5.60 Å². The Kier molecular flexibility index (Phi) is 4.10. The SMILES string of the molecule is C#CC(C)(C)Oc1nc(N)nc(OCCC)n1. The number of hydrogen-bond donors (Lipinski definition) is 1. The van der Waals surface area contributed by atoms with E-state index >= 15 is 0 Å². The molecule has 0 amide bonds. The quantitative estimate of drug-likeness (QED) is 0.769. The molecule has 6 nitrogen and oxygen atoms in total. The van der Waals surface area contributed by atoms with Gasteiger partial charge in [0.05, 0.1) is 6.61 Å². The van der Waals surface area contributed by atoms with Gasteiger partial charge in [0, 0.05) is 0 Å². The summed E-state index contributed by atoms with van der Waals surface area (Å²) in [6, 6.07) is 0.203. The van der Waals surface area contributed by atoms with Crippen molar-refractivity contribution in [1.82, 2.24) is 15.0 Å². The highest BCUT2D eigenvalue weighted by Gasteiger charge is 2.18. The van der Waals surface area contributed by atoms with Crippen LogP contribution in [-0.2, 0) is 0 Å². The van der Waals surface area contributed by atoms with Gasteiger partial charge in [-0.05, 0) is 20.3 Å². The van der Waals surface area contributed by atoms with Crippen molar-refractivity contribution in [2.45, 2.75) is 32.8 Å². The van der Waals surface area contributed by atoms with Gasteiger partial charge in [0.25, 0.3) is 0 Å². The fraction of sp³-hybridized carbons (Fsp3) is 0.545. The van der Waals surface area contributed by atoms with Gasteiger partial charge < -0.3 is 15.2 Å². The third kappa shape index (κ3) is 4.15. The zero-order valence-corrected chi connectivity index (χ0v) is 10.2. The van der Waals surface area contributed by atoms with Crippen LogP contribution >= 0.6 is 0 Å². The average molecular weight is 236 g/mol. The molecule has 1 aromatic rings. The van der Waals surface area contributed by atoms with Crippen LogP contribution in [0, 0.1) is 12.3 Å². The van der Waals surface area contributed by atoms with Crippen LogP contribution in [0.25, 0.3) is 0 Å². The van der Waals surface area contributed by atoms with E-state index in [2.05, 4.69) is 20.9 Å². The summed E-state index contributed by atoms with van der Waals surface area (Å²) >= 11 is 0. The van der Waals surface area contributed by atoms with E-state index in [4.69, 9.17) is 21.6 Å². The highest BCUT2D eigenvalue weighted by atomic mass is 16.5. The number of nitrogens with two attached hydrogens (primary N) is 1. The average Bonchev–Trinajstić information content (AvgIpc) is 2.25. The van der Waals surface area contributed by atoms with Crippen LogP contribution in [-0.4, -0.2) is 27.2 Å². The minimum absolute atomic E-state index is 0.0360. The van der Waals surface area contributed by atoms with Crippen LogP contribution in [0.15, 0.2) is 0 Å². The molecular weight excluding hydrogens is 220 g/mol. The lowest BCUT2D eigenvalue weighted by Crippen LogP contribution is -2.27. The lowest BCUT2D eigenvalue weighted by atomic mass is 10.2. The molecule has 0 aliphatic heterocycles. The number of terminal acetylenes is 1. The first-order chi connectivity index (χ1) is 7.96. The first kappa shape index (κ1) is 13.0. The Hall–Kier alpha value is -2.03. The summed E-state index contributed by atoms with van der Waals surface area (Å²) in [4.78, 5) is 11.6. The summed E-state index contributed by atoms with van der Waals surface area (Å²) in [6.07, 6.45) is 6.15. The van der Waals surface area contributed by atoms with E-state index in [1.54, 1.807) is 13.8 Å². The van der Waals surface area contributed by atoms with Crippen molar-refractivity contribution >= 4 is 5.95 Å². The Bertz CT molecular complexity index is 426. The van der Waals surface area contributed by atoms with Crippen molar-refractivity contribution in [3.05, 3.63) is 0 Å². The summed E-state index contributed by atoms with van der Waals surface area (Å²) in [5, 5.41) is 0. The van der Waals surface area contributed by atoms with Gasteiger partial charge in [-0.2, -0.15) is 9.97 Å². The largest absolute Gasteiger partial charge is 0.463 e. The van der Waals surface area contributed by atoms with Gasteiger partial charge in [0.1, 0.15) is 0 Å². The zero-order chi connectivity index (χ0) is 12.9. The van der Waals surface area contributed by atoms with Crippen LogP contribution in [0.5, 0.6) is 12.0 Å². The maximum atomic E-state index is 5.52. The summed E-state index contributed by atoms with van der Waals surface area (Å²) in [5.74, 6) is 2.50. The van der Waals surface area contributed by atoms with E-state index in [1.165, 1.54) is 0 Å². The molecule has 0 fully saturated rings. The van der Waals surface area contributed by atoms with Crippen LogP contribution in [0.1, 0.15) is 27.2 Å². The van der Waals surface area contributed by atoms with Gasteiger partial charge in [-0.3, -0.25) is 0 Å². The van der Waals surface area contributed by atoms with Gasteiger partial charge in [0.2, 0.25) is 5.95 Å². The molecule has 2 N–H and O–H groups in total. The second-order valence-electron chi connectivity index (χ2n) is 3.86. The second kappa shape index (κ2) is 5.34. The standard InChI is InChI=1S/C11H16N4O2/c1-5-7-16-9-13-8(12)14-10(15-9)17-11(3,4)6-2/h2H,5,7H2,1,3-4H3,(H2,12,13,14,15). The Labute approximate surface area is 101 Å². The first-order valence-corrected chi connectivity index (χ1v) is 5.28. The summed E-state index contributed by atoms with van der Waals surface area (Å²) in [6.45, 7) is 5.92. The number of aromatic nitrogens is 3. The van der Waals surface area contributed by atoms with Crippen molar-refractivity contribution in [2.24, 2.45) is 0 Å². The van der Waals surface area contributed by atoms with Gasteiger partial charge in [-0.15, -0.1) is 11.4 Å². The van der Waals surface area contributed by atoms with Gasteiger partial charge >= 0.3 is 12.0 Å². The lowest BCUT2D eigenvalue weighted by molar-refractivity contribution is 0.152. The Morgan fingerprint density at radius 1 is 1.29 bits per heavy atom. The molecule has 0 saturated heterocycles. The highest BCUT2D eigenvalue weighted by molar-refractivity contribution is 5.21. The van der Waals surface area contributed by atoms with Crippen LogP contribution < -0.4 is 15.2 Å². The first-order valence-electron chi connectivity index (χ1n) is 5.28. The van der Waals surface area contributed by atoms with E-state index in [0.717, 1.165) is 6.42 Å². The Balaban J connectivity index is 2.86. The lowest BCUT2D eigenvalue weighted by Gasteiger charge is -2.18. The molecule has 1 rings (SSSR count). The van der Waals surface area contributed by atoms with E-state index in [1.807, 2.05) is 6.92 Å². The topological polar surface area (TPSA) is 83.2 Å². The number of nitrogens with zero attached hydrogens (tertiary/aromatic N) is 3. The minimum atomic E-state index is -0.810. The number of rotatable bonds is 5. The number of ether oxygens (including phenoxy) is 2. The summed E-state index contributed by atoms with van der Waals surface area (Å²) in [7, 11) is 0. The summed E-state index contributed by atoms with van der Waals surface area (Å²) in [5.41, 5.74) is 4.71. The molecule has 0 bridgehead atoms. The smallest absolute Gasteiger partial charge is 0.325 e. The third-order valence-electron chi connectivity index (χ3n) is 1.74. The molecule has 0 spiro atoms. The molecule has 0 radical (unpaired) electrons. The molecule has 1 heterocycles. The minimum Gasteiger partial charge on any atom is -0.463 e. The maximum absolute atomic E-state index is 5.52. The highest BCUT2D eigenvalue weighted by Crippen LogP contribution is 2.16. The molecule has 92 valence electrons. The predicted molar refractivity (Wildman–Crippen MR) is 63.6 cm³/mol. The number of anilines is 1. The van der Waals surface area contributed by atoms with Crippen molar-refractivity contribution in [3.8, 4) is 24.4 Å². The van der Waals surface area contributed by atoms with Crippen molar-refractivity contribution in [1.29, 1.82) is 0 Å². The molecule has 0 aliphatic carbocycles. The van der Waals surface area contributed by atoms with Gasteiger partial charge in [-0.1, -0.05) is 12.8 Å². The van der Waals surface area contributed by atoms with Gasteiger partial charge in [0.15, 0.2) is 5.60 Å². The van der Waals surface area contributed by atoms with E-state index in [9.17, 15) is 0 Å². The molecule has 0 aliphatic rings. The Morgan fingerprint density at radius 2 is 1.94 bits per heavy atom. The molecule has 0 aromatic carbocycles. The monoisotopic (exact) mass is 236 g/mol. The number of hydrogen-bond acceptors (Lipinski definition) is 6. The maximum Gasteiger partial charge on any atom is 0.325 e. The van der Waals surface area contributed by atoms with E-state index in [0.29, 0.717) is 6.61 Å². The molecule has 17 heavy (non-hydrogen) atoms. The molecule has 1 aromatic heterocycles. The normalized spacial score (nSPS) is 10.7. The predicted octanol–water partition coefficient (Wildman–Crippen LogP) is 1.03. The summed E-state index contributed by atoms with van der Waals surface area (Å²) < 4.78 is 10.6. The molecule has 0 atom stereocenters. The molecule has 6 heteroatoms. The Morgan fingerprint density at radius 3 is 2.53 bits per heavy atom. The fourth-order valence-corrected chi connectivity index (χ4v) is 0.914.